The number of hydrogen-bond donors (Lipinski definition) is 2. The minimum atomic E-state index is 0.0360. The van der Waals surface area contributed by atoms with Gasteiger partial charge in [-0.25, -0.2) is 0 Å². The van der Waals surface area contributed by atoms with E-state index in [1.165, 1.54) is 0 Å². The molecular formula is C14H25N3O2. The summed E-state index contributed by atoms with van der Waals surface area (Å²) >= 11 is 0. The van der Waals surface area contributed by atoms with Crippen LogP contribution in [0.5, 0.6) is 0 Å². The van der Waals surface area contributed by atoms with Gasteiger partial charge in [-0.05, 0) is 32.5 Å². The number of likely N-dealkylation sites (N-methyl/N-ethyl adjacent to an activating group) is 1. The summed E-state index contributed by atoms with van der Waals surface area (Å²) in [7, 11) is 0. The number of amides is 1. The molecule has 0 radical (unpaired) electrons. The summed E-state index contributed by atoms with van der Waals surface area (Å²) in [6.45, 7) is 7.94. The molecule has 1 aromatic heterocycles. The zero-order chi connectivity index (χ0) is 14.3. The van der Waals surface area contributed by atoms with Crippen LogP contribution in [0.25, 0.3) is 0 Å². The van der Waals surface area contributed by atoms with E-state index < -0.39 is 0 Å². The lowest BCUT2D eigenvalue weighted by atomic mass is 10.1. The van der Waals surface area contributed by atoms with Gasteiger partial charge >= 0.3 is 0 Å². The first-order valence-electron chi connectivity index (χ1n) is 6.82. The maximum atomic E-state index is 11.8. The summed E-state index contributed by atoms with van der Waals surface area (Å²) in [6.07, 6.45) is 2.08. The Morgan fingerprint density at radius 2 is 2.26 bits per heavy atom. The largest absolute Gasteiger partial charge is 0.468 e. The lowest BCUT2D eigenvalue weighted by Gasteiger charge is -2.28. The van der Waals surface area contributed by atoms with Crippen molar-refractivity contribution in [2.45, 2.75) is 45.8 Å². The van der Waals surface area contributed by atoms with Crippen LogP contribution in [0.1, 0.15) is 33.0 Å². The van der Waals surface area contributed by atoms with Crippen molar-refractivity contribution in [1.29, 1.82) is 0 Å². The summed E-state index contributed by atoms with van der Waals surface area (Å²) in [4.78, 5) is 14.0. The SMILES string of the molecule is CCN(Cc1ccco1)C(CN)CC(=O)NC(C)C. The molecule has 0 saturated carbocycles. The smallest absolute Gasteiger partial charge is 0.221 e. The van der Waals surface area contributed by atoms with Crippen molar-refractivity contribution in [2.24, 2.45) is 5.73 Å². The van der Waals surface area contributed by atoms with Crippen molar-refractivity contribution in [3.8, 4) is 0 Å². The van der Waals surface area contributed by atoms with Gasteiger partial charge in [-0.1, -0.05) is 6.92 Å². The molecule has 5 heteroatoms. The van der Waals surface area contributed by atoms with Crippen molar-refractivity contribution in [2.75, 3.05) is 13.1 Å². The molecule has 1 heterocycles. The number of carbonyl (C=O) groups excluding carboxylic acids is 1. The van der Waals surface area contributed by atoms with Gasteiger partial charge in [0.15, 0.2) is 0 Å². The van der Waals surface area contributed by atoms with Crippen LogP contribution in [-0.2, 0) is 11.3 Å². The van der Waals surface area contributed by atoms with Crippen LogP contribution in [0.4, 0.5) is 0 Å². The number of rotatable bonds is 8. The molecule has 1 rings (SSSR count). The van der Waals surface area contributed by atoms with E-state index in [2.05, 4.69) is 17.1 Å². The quantitative estimate of drug-likeness (QED) is 0.745. The molecule has 1 atom stereocenters. The molecule has 0 bridgehead atoms. The predicted molar refractivity (Wildman–Crippen MR) is 75.5 cm³/mol. The third kappa shape index (κ3) is 5.44. The standard InChI is InChI=1S/C14H25N3O2/c1-4-17(10-13-6-5-7-19-13)12(9-15)8-14(18)16-11(2)3/h5-7,11-12H,4,8-10,15H2,1-3H3,(H,16,18). The Morgan fingerprint density at radius 3 is 2.74 bits per heavy atom. The first-order chi connectivity index (χ1) is 9.06. The van der Waals surface area contributed by atoms with Crippen molar-refractivity contribution in [3.63, 3.8) is 0 Å². The van der Waals surface area contributed by atoms with Crippen molar-refractivity contribution >= 4 is 5.91 Å². The molecule has 1 amide bonds. The van der Waals surface area contributed by atoms with E-state index in [0.29, 0.717) is 19.5 Å². The highest BCUT2D eigenvalue weighted by Crippen LogP contribution is 2.10. The molecule has 0 fully saturated rings. The monoisotopic (exact) mass is 267 g/mol. The molecule has 1 aromatic rings. The van der Waals surface area contributed by atoms with E-state index in [1.807, 2.05) is 26.0 Å². The van der Waals surface area contributed by atoms with Gasteiger partial charge in [-0.3, -0.25) is 9.69 Å². The zero-order valence-corrected chi connectivity index (χ0v) is 12.1. The van der Waals surface area contributed by atoms with Crippen LogP contribution in [-0.4, -0.2) is 36.0 Å². The Kier molecular flexibility index (Phi) is 6.59. The van der Waals surface area contributed by atoms with Crippen LogP contribution in [0.3, 0.4) is 0 Å². The van der Waals surface area contributed by atoms with Crippen molar-refractivity contribution < 1.29 is 9.21 Å². The maximum Gasteiger partial charge on any atom is 0.221 e. The van der Waals surface area contributed by atoms with Crippen molar-refractivity contribution in [1.82, 2.24) is 10.2 Å². The number of nitrogens with zero attached hydrogens (tertiary/aromatic N) is 1. The number of nitrogens with one attached hydrogen (secondary N) is 1. The van der Waals surface area contributed by atoms with Gasteiger partial charge in [0.1, 0.15) is 5.76 Å². The van der Waals surface area contributed by atoms with E-state index >= 15 is 0 Å². The van der Waals surface area contributed by atoms with Gasteiger partial charge in [0.25, 0.3) is 0 Å². The second-order valence-electron chi connectivity index (χ2n) is 4.96. The Bertz CT molecular complexity index is 363. The maximum absolute atomic E-state index is 11.8. The average Bonchev–Trinajstić information content (AvgIpc) is 2.85. The van der Waals surface area contributed by atoms with Gasteiger partial charge in [0, 0.05) is 25.0 Å². The fourth-order valence-electron chi connectivity index (χ4n) is 2.06. The van der Waals surface area contributed by atoms with E-state index in [0.717, 1.165) is 12.3 Å². The fraction of sp³-hybridized carbons (Fsp3) is 0.643. The van der Waals surface area contributed by atoms with Gasteiger partial charge < -0.3 is 15.5 Å². The molecule has 108 valence electrons. The lowest BCUT2D eigenvalue weighted by Crippen LogP contribution is -2.44. The molecule has 0 aliphatic rings. The Morgan fingerprint density at radius 1 is 1.53 bits per heavy atom. The minimum absolute atomic E-state index is 0.0360. The molecular weight excluding hydrogens is 242 g/mol. The summed E-state index contributed by atoms with van der Waals surface area (Å²) in [5.41, 5.74) is 5.81. The lowest BCUT2D eigenvalue weighted by molar-refractivity contribution is -0.122. The zero-order valence-electron chi connectivity index (χ0n) is 12.1. The molecule has 0 saturated heterocycles. The molecule has 19 heavy (non-hydrogen) atoms. The highest BCUT2D eigenvalue weighted by Gasteiger charge is 2.20. The third-order valence-corrected chi connectivity index (χ3v) is 3.00. The third-order valence-electron chi connectivity index (χ3n) is 3.00. The second-order valence-corrected chi connectivity index (χ2v) is 4.96. The van der Waals surface area contributed by atoms with Gasteiger partial charge in [-0.2, -0.15) is 0 Å². The van der Waals surface area contributed by atoms with Crippen LogP contribution in [0.15, 0.2) is 22.8 Å². The number of carbonyl (C=O) groups is 1. The average molecular weight is 267 g/mol. The number of furan rings is 1. The van der Waals surface area contributed by atoms with Crippen LogP contribution in [0.2, 0.25) is 0 Å². The van der Waals surface area contributed by atoms with Crippen molar-refractivity contribution in [3.05, 3.63) is 24.2 Å². The number of nitrogens with two attached hydrogens (primary N) is 1. The van der Waals surface area contributed by atoms with E-state index in [4.69, 9.17) is 10.2 Å². The highest BCUT2D eigenvalue weighted by molar-refractivity contribution is 5.76. The van der Waals surface area contributed by atoms with Crippen LogP contribution in [0, 0.1) is 0 Å². The van der Waals surface area contributed by atoms with Gasteiger partial charge in [-0.15, -0.1) is 0 Å². The number of hydrogen-bond acceptors (Lipinski definition) is 4. The van der Waals surface area contributed by atoms with E-state index in [9.17, 15) is 4.79 Å². The summed E-state index contributed by atoms with van der Waals surface area (Å²) < 4.78 is 5.35. The van der Waals surface area contributed by atoms with E-state index in [1.54, 1.807) is 6.26 Å². The first-order valence-corrected chi connectivity index (χ1v) is 6.82. The predicted octanol–water partition coefficient (Wildman–Crippen LogP) is 1.34. The molecule has 1 unspecified atom stereocenters. The minimum Gasteiger partial charge on any atom is -0.468 e. The normalized spacial score (nSPS) is 12.9. The Hall–Kier alpha value is -1.33. The highest BCUT2D eigenvalue weighted by atomic mass is 16.3. The first kappa shape index (κ1) is 15.7. The second kappa shape index (κ2) is 7.96. The van der Waals surface area contributed by atoms with Crippen LogP contribution < -0.4 is 11.1 Å². The summed E-state index contributed by atoms with van der Waals surface area (Å²) in [6, 6.07) is 4.00. The van der Waals surface area contributed by atoms with Crippen LogP contribution >= 0.6 is 0 Å². The summed E-state index contributed by atoms with van der Waals surface area (Å²) in [5, 5.41) is 2.90. The van der Waals surface area contributed by atoms with Gasteiger partial charge in [0.2, 0.25) is 5.91 Å². The topological polar surface area (TPSA) is 71.5 Å². The molecule has 5 nitrogen and oxygen atoms in total. The Labute approximate surface area is 115 Å². The molecule has 3 N–H and O–H groups in total. The van der Waals surface area contributed by atoms with E-state index in [-0.39, 0.29) is 18.0 Å². The van der Waals surface area contributed by atoms with Gasteiger partial charge in [0.05, 0.1) is 12.8 Å². The molecule has 0 aromatic carbocycles. The fourth-order valence-corrected chi connectivity index (χ4v) is 2.06. The Balaban J connectivity index is 2.57. The molecule has 0 spiro atoms. The molecule has 0 aliphatic heterocycles. The molecule has 0 aliphatic carbocycles. The summed E-state index contributed by atoms with van der Waals surface area (Å²) in [5.74, 6) is 0.938.